The number of carboxylic acid groups (broad SMARTS) is 1. The van der Waals surface area contributed by atoms with Crippen LogP contribution >= 0.6 is 0 Å². The third kappa shape index (κ3) is 1.27. The van der Waals surface area contributed by atoms with E-state index in [1.54, 1.807) is 12.1 Å². The van der Waals surface area contributed by atoms with E-state index in [2.05, 4.69) is 0 Å². The maximum Gasteiger partial charge on any atom is 0.336 e. The van der Waals surface area contributed by atoms with Crippen LogP contribution in [0.3, 0.4) is 0 Å². The second-order valence-electron chi connectivity index (χ2n) is 3.19. The molecule has 1 aliphatic heterocycles. The van der Waals surface area contributed by atoms with Crippen molar-refractivity contribution in [2.24, 2.45) is 0 Å². The molecule has 0 atom stereocenters. The van der Waals surface area contributed by atoms with E-state index in [1.807, 2.05) is 19.1 Å². The molecule has 2 rings (SSSR count). The first-order chi connectivity index (χ1) is 6.70. The summed E-state index contributed by atoms with van der Waals surface area (Å²) in [4.78, 5) is 10.9. The molecule has 0 aromatic heterocycles. The van der Waals surface area contributed by atoms with Crippen LogP contribution in [-0.4, -0.2) is 17.7 Å². The summed E-state index contributed by atoms with van der Waals surface area (Å²) in [5, 5.41) is 8.95. The summed E-state index contributed by atoms with van der Waals surface area (Å²) < 4.78 is 5.39. The molecular weight excluding hydrogens is 180 g/mol. The van der Waals surface area contributed by atoms with Gasteiger partial charge >= 0.3 is 5.97 Å². The quantitative estimate of drug-likeness (QED) is 0.735. The second kappa shape index (κ2) is 3.18. The maximum atomic E-state index is 10.9. The summed E-state index contributed by atoms with van der Waals surface area (Å²) in [6.45, 7) is 2.24. The highest BCUT2D eigenvalue weighted by Gasteiger charge is 2.19. The Labute approximate surface area is 81.6 Å². The Bertz CT molecular complexity index is 419. The van der Waals surface area contributed by atoms with Crippen LogP contribution in [0.4, 0.5) is 0 Å². The molecule has 0 unspecified atom stereocenters. The van der Waals surface area contributed by atoms with Crippen molar-refractivity contribution >= 4 is 11.5 Å². The molecule has 0 fully saturated rings. The van der Waals surface area contributed by atoms with E-state index in [4.69, 9.17) is 9.84 Å². The Morgan fingerprint density at radius 2 is 2.29 bits per heavy atom. The monoisotopic (exact) mass is 190 g/mol. The standard InChI is InChI=1S/C11H10O3/c1-7-3-2-4-8-9(11(12)13)5-6-14-10(7)8/h2-5H,6H2,1H3,(H,12,13). The summed E-state index contributed by atoms with van der Waals surface area (Å²) in [5.74, 6) is -0.215. The van der Waals surface area contributed by atoms with Crippen molar-refractivity contribution in [3.63, 3.8) is 0 Å². The number of aryl methyl sites for hydroxylation is 1. The summed E-state index contributed by atoms with van der Waals surface area (Å²) in [5.41, 5.74) is 1.97. The van der Waals surface area contributed by atoms with Gasteiger partial charge in [-0.3, -0.25) is 0 Å². The number of benzene rings is 1. The molecule has 0 amide bonds. The van der Waals surface area contributed by atoms with Gasteiger partial charge in [0, 0.05) is 5.56 Å². The molecule has 1 heterocycles. The van der Waals surface area contributed by atoms with Gasteiger partial charge in [0.05, 0.1) is 5.57 Å². The Morgan fingerprint density at radius 3 is 3.00 bits per heavy atom. The predicted octanol–water partition coefficient (Wildman–Crippen LogP) is 1.86. The first kappa shape index (κ1) is 8.81. The van der Waals surface area contributed by atoms with Gasteiger partial charge in [-0.15, -0.1) is 0 Å². The van der Waals surface area contributed by atoms with Crippen molar-refractivity contribution in [3.05, 3.63) is 35.4 Å². The van der Waals surface area contributed by atoms with E-state index in [0.717, 1.165) is 5.56 Å². The number of hydrogen-bond donors (Lipinski definition) is 1. The second-order valence-corrected chi connectivity index (χ2v) is 3.19. The Balaban J connectivity index is 2.59. The molecule has 72 valence electrons. The van der Waals surface area contributed by atoms with E-state index in [0.29, 0.717) is 23.5 Å². The van der Waals surface area contributed by atoms with Crippen molar-refractivity contribution in [1.82, 2.24) is 0 Å². The normalized spacial score (nSPS) is 13.9. The first-order valence-electron chi connectivity index (χ1n) is 4.36. The Morgan fingerprint density at radius 1 is 1.50 bits per heavy atom. The van der Waals surface area contributed by atoms with Gasteiger partial charge in [-0.1, -0.05) is 18.2 Å². The van der Waals surface area contributed by atoms with Crippen molar-refractivity contribution in [2.45, 2.75) is 6.92 Å². The SMILES string of the molecule is Cc1cccc2c1OCC=C2C(=O)O. The van der Waals surface area contributed by atoms with Crippen molar-refractivity contribution in [3.8, 4) is 5.75 Å². The fraction of sp³-hybridized carbons (Fsp3) is 0.182. The maximum absolute atomic E-state index is 10.9. The molecule has 1 aliphatic rings. The minimum Gasteiger partial charge on any atom is -0.489 e. The van der Waals surface area contributed by atoms with Gasteiger partial charge in [0.15, 0.2) is 0 Å². The molecule has 0 radical (unpaired) electrons. The fourth-order valence-corrected chi connectivity index (χ4v) is 1.58. The van der Waals surface area contributed by atoms with Crippen LogP contribution in [0, 0.1) is 6.92 Å². The lowest BCUT2D eigenvalue weighted by atomic mass is 10.0. The molecule has 0 saturated carbocycles. The highest BCUT2D eigenvalue weighted by atomic mass is 16.5. The number of carboxylic acids is 1. The zero-order valence-electron chi connectivity index (χ0n) is 7.78. The van der Waals surface area contributed by atoms with Gasteiger partial charge in [0.2, 0.25) is 0 Å². The van der Waals surface area contributed by atoms with Gasteiger partial charge in [0.25, 0.3) is 0 Å². The number of aliphatic carboxylic acids is 1. The molecule has 1 aromatic rings. The van der Waals surface area contributed by atoms with Crippen LogP contribution in [0.15, 0.2) is 24.3 Å². The van der Waals surface area contributed by atoms with Crippen LogP contribution in [0.5, 0.6) is 5.75 Å². The Kier molecular flexibility index (Phi) is 2.00. The average molecular weight is 190 g/mol. The molecular formula is C11H10O3. The molecule has 3 nitrogen and oxygen atoms in total. The zero-order valence-corrected chi connectivity index (χ0v) is 7.78. The first-order valence-corrected chi connectivity index (χ1v) is 4.36. The van der Waals surface area contributed by atoms with Gasteiger partial charge in [0.1, 0.15) is 12.4 Å². The van der Waals surface area contributed by atoms with E-state index in [-0.39, 0.29) is 0 Å². The predicted molar refractivity (Wildman–Crippen MR) is 52.3 cm³/mol. The van der Waals surface area contributed by atoms with Crippen molar-refractivity contribution in [1.29, 1.82) is 0 Å². The number of fused-ring (bicyclic) bond motifs is 1. The molecule has 0 saturated heterocycles. The molecule has 1 N–H and O–H groups in total. The van der Waals surface area contributed by atoms with Gasteiger partial charge in [-0.25, -0.2) is 4.79 Å². The van der Waals surface area contributed by atoms with Crippen LogP contribution < -0.4 is 4.74 Å². The van der Waals surface area contributed by atoms with E-state index < -0.39 is 5.97 Å². The number of hydrogen-bond acceptors (Lipinski definition) is 2. The average Bonchev–Trinajstić information content (AvgIpc) is 2.17. The molecule has 0 bridgehead atoms. The van der Waals surface area contributed by atoms with Crippen molar-refractivity contribution in [2.75, 3.05) is 6.61 Å². The topological polar surface area (TPSA) is 46.5 Å². The van der Waals surface area contributed by atoms with Gasteiger partial charge < -0.3 is 9.84 Å². The lowest BCUT2D eigenvalue weighted by Crippen LogP contribution is -2.11. The number of ether oxygens (including phenoxy) is 1. The molecule has 3 heteroatoms. The van der Waals surface area contributed by atoms with E-state index >= 15 is 0 Å². The van der Waals surface area contributed by atoms with Crippen LogP contribution in [-0.2, 0) is 4.79 Å². The minimum absolute atomic E-state index is 0.329. The highest BCUT2D eigenvalue weighted by molar-refractivity contribution is 6.16. The number of carbonyl (C=O) groups is 1. The highest BCUT2D eigenvalue weighted by Crippen LogP contribution is 2.32. The Hall–Kier alpha value is -1.77. The molecule has 0 spiro atoms. The largest absolute Gasteiger partial charge is 0.489 e. The van der Waals surface area contributed by atoms with Crippen LogP contribution in [0.1, 0.15) is 11.1 Å². The van der Waals surface area contributed by atoms with Gasteiger partial charge in [-0.2, -0.15) is 0 Å². The number of para-hydroxylation sites is 1. The lowest BCUT2D eigenvalue weighted by Gasteiger charge is -2.17. The third-order valence-electron chi connectivity index (χ3n) is 2.25. The number of rotatable bonds is 1. The van der Waals surface area contributed by atoms with Crippen LogP contribution in [0.25, 0.3) is 5.57 Å². The molecule has 0 aliphatic carbocycles. The lowest BCUT2D eigenvalue weighted by molar-refractivity contribution is -0.130. The summed E-state index contributed by atoms with van der Waals surface area (Å²) in [7, 11) is 0. The minimum atomic E-state index is -0.903. The summed E-state index contributed by atoms with van der Waals surface area (Å²) in [6, 6.07) is 5.50. The molecule has 1 aromatic carbocycles. The zero-order chi connectivity index (χ0) is 10.1. The summed E-state index contributed by atoms with van der Waals surface area (Å²) >= 11 is 0. The van der Waals surface area contributed by atoms with Crippen molar-refractivity contribution < 1.29 is 14.6 Å². The third-order valence-corrected chi connectivity index (χ3v) is 2.25. The van der Waals surface area contributed by atoms with E-state index in [9.17, 15) is 4.79 Å². The van der Waals surface area contributed by atoms with Crippen LogP contribution in [0.2, 0.25) is 0 Å². The van der Waals surface area contributed by atoms with E-state index in [1.165, 1.54) is 0 Å². The molecule has 14 heavy (non-hydrogen) atoms. The summed E-state index contributed by atoms with van der Waals surface area (Å²) in [6.07, 6.45) is 1.59. The van der Waals surface area contributed by atoms with Gasteiger partial charge in [-0.05, 0) is 18.6 Å². The fourth-order valence-electron chi connectivity index (χ4n) is 1.58. The smallest absolute Gasteiger partial charge is 0.336 e.